The van der Waals surface area contributed by atoms with E-state index in [9.17, 15) is 9.59 Å². The van der Waals surface area contributed by atoms with Crippen LogP contribution in [0.3, 0.4) is 0 Å². The molecule has 6 nitrogen and oxygen atoms in total. The molecule has 0 radical (unpaired) electrons. The Kier molecular flexibility index (Phi) is 5.10. The summed E-state index contributed by atoms with van der Waals surface area (Å²) >= 11 is 0. The SMILES string of the molecule is CCC(=O)N1CCN(c2nc3ccccc3n(Cc3ccccc3)c2=O)CC1. The number of aromatic nitrogens is 2. The number of benzene rings is 2. The van der Waals surface area contributed by atoms with E-state index in [2.05, 4.69) is 4.98 Å². The van der Waals surface area contributed by atoms with Gasteiger partial charge in [0, 0.05) is 32.6 Å². The fourth-order valence-electron chi connectivity index (χ4n) is 3.70. The van der Waals surface area contributed by atoms with Gasteiger partial charge in [-0.15, -0.1) is 0 Å². The number of rotatable bonds is 4. The molecule has 1 aromatic heterocycles. The molecule has 0 saturated carbocycles. The van der Waals surface area contributed by atoms with Gasteiger partial charge < -0.3 is 9.80 Å². The van der Waals surface area contributed by atoms with E-state index in [4.69, 9.17) is 0 Å². The molecule has 2 heterocycles. The maximum absolute atomic E-state index is 13.3. The van der Waals surface area contributed by atoms with E-state index >= 15 is 0 Å². The Morgan fingerprint density at radius 2 is 1.64 bits per heavy atom. The van der Waals surface area contributed by atoms with Crippen LogP contribution in [0.5, 0.6) is 0 Å². The molecule has 3 aromatic rings. The highest BCUT2D eigenvalue weighted by atomic mass is 16.2. The van der Waals surface area contributed by atoms with Crippen molar-refractivity contribution in [1.29, 1.82) is 0 Å². The van der Waals surface area contributed by atoms with Crippen LogP contribution in [-0.4, -0.2) is 46.5 Å². The predicted octanol–water partition coefficient (Wildman–Crippen LogP) is 2.50. The number of nitrogens with zero attached hydrogens (tertiary/aromatic N) is 4. The number of hydrogen-bond acceptors (Lipinski definition) is 4. The van der Waals surface area contributed by atoms with Gasteiger partial charge in [-0.25, -0.2) is 4.98 Å². The quantitative estimate of drug-likeness (QED) is 0.702. The summed E-state index contributed by atoms with van der Waals surface area (Å²) in [7, 11) is 0. The Bertz CT molecular complexity index is 1040. The minimum absolute atomic E-state index is 0.0854. The molecular formula is C22H24N4O2. The average molecular weight is 376 g/mol. The lowest BCUT2D eigenvalue weighted by Crippen LogP contribution is -2.50. The first-order valence-electron chi connectivity index (χ1n) is 9.73. The van der Waals surface area contributed by atoms with Crippen molar-refractivity contribution < 1.29 is 4.79 Å². The van der Waals surface area contributed by atoms with Gasteiger partial charge in [0.25, 0.3) is 5.56 Å². The molecule has 2 aromatic carbocycles. The number of hydrogen-bond donors (Lipinski definition) is 0. The Morgan fingerprint density at radius 1 is 0.964 bits per heavy atom. The number of anilines is 1. The number of carbonyl (C=O) groups is 1. The highest BCUT2D eigenvalue weighted by Crippen LogP contribution is 2.17. The van der Waals surface area contributed by atoms with Gasteiger partial charge in [-0.1, -0.05) is 49.4 Å². The van der Waals surface area contributed by atoms with Crippen LogP contribution in [0.25, 0.3) is 11.0 Å². The normalized spacial score (nSPS) is 14.5. The molecule has 0 atom stereocenters. The van der Waals surface area contributed by atoms with Crippen LogP contribution in [0, 0.1) is 0 Å². The van der Waals surface area contributed by atoms with Crippen molar-refractivity contribution in [1.82, 2.24) is 14.5 Å². The summed E-state index contributed by atoms with van der Waals surface area (Å²) in [6, 6.07) is 17.7. The molecule has 0 aliphatic carbocycles. The molecule has 4 rings (SSSR count). The van der Waals surface area contributed by atoms with E-state index in [0.29, 0.717) is 45.0 Å². The van der Waals surface area contributed by atoms with E-state index in [-0.39, 0.29) is 11.5 Å². The summed E-state index contributed by atoms with van der Waals surface area (Å²) in [5.41, 5.74) is 2.63. The lowest BCUT2D eigenvalue weighted by Gasteiger charge is -2.35. The minimum atomic E-state index is -0.0854. The molecule has 1 saturated heterocycles. The Hall–Kier alpha value is -3.15. The van der Waals surface area contributed by atoms with Crippen molar-refractivity contribution >= 4 is 22.8 Å². The molecule has 0 bridgehead atoms. The molecule has 1 aliphatic heterocycles. The first kappa shape index (κ1) is 18.2. The molecule has 1 aliphatic rings. The number of fused-ring (bicyclic) bond motifs is 1. The van der Waals surface area contributed by atoms with E-state index in [1.807, 2.05) is 71.3 Å². The lowest BCUT2D eigenvalue weighted by molar-refractivity contribution is -0.131. The second-order valence-electron chi connectivity index (χ2n) is 7.02. The molecular weight excluding hydrogens is 352 g/mol. The zero-order valence-electron chi connectivity index (χ0n) is 16.0. The molecule has 0 N–H and O–H groups in total. The molecule has 6 heteroatoms. The average Bonchev–Trinajstić information content (AvgIpc) is 2.76. The summed E-state index contributed by atoms with van der Waals surface area (Å²) in [6.07, 6.45) is 0.512. The fourth-order valence-corrected chi connectivity index (χ4v) is 3.70. The van der Waals surface area contributed by atoms with E-state index in [1.165, 1.54) is 0 Å². The van der Waals surface area contributed by atoms with Crippen LogP contribution in [0.2, 0.25) is 0 Å². The van der Waals surface area contributed by atoms with Crippen molar-refractivity contribution in [3.05, 3.63) is 70.5 Å². The van der Waals surface area contributed by atoms with E-state index in [1.54, 1.807) is 4.57 Å². The largest absolute Gasteiger partial charge is 0.348 e. The van der Waals surface area contributed by atoms with Crippen molar-refractivity contribution in [3.8, 4) is 0 Å². The first-order valence-corrected chi connectivity index (χ1v) is 9.73. The Morgan fingerprint density at radius 3 is 2.36 bits per heavy atom. The molecule has 0 unspecified atom stereocenters. The monoisotopic (exact) mass is 376 g/mol. The van der Waals surface area contributed by atoms with Crippen LogP contribution in [0.4, 0.5) is 5.82 Å². The van der Waals surface area contributed by atoms with Crippen molar-refractivity contribution in [2.45, 2.75) is 19.9 Å². The molecule has 0 spiro atoms. The maximum Gasteiger partial charge on any atom is 0.294 e. The lowest BCUT2D eigenvalue weighted by atomic mass is 10.2. The van der Waals surface area contributed by atoms with Gasteiger partial charge in [-0.2, -0.15) is 0 Å². The number of amides is 1. The van der Waals surface area contributed by atoms with Crippen molar-refractivity contribution in [2.75, 3.05) is 31.1 Å². The van der Waals surface area contributed by atoms with Crippen LogP contribution >= 0.6 is 0 Å². The third-order valence-corrected chi connectivity index (χ3v) is 5.25. The molecule has 28 heavy (non-hydrogen) atoms. The molecule has 1 amide bonds. The van der Waals surface area contributed by atoms with Crippen molar-refractivity contribution in [3.63, 3.8) is 0 Å². The second kappa shape index (κ2) is 7.84. The molecule has 144 valence electrons. The van der Waals surface area contributed by atoms with E-state index in [0.717, 1.165) is 16.6 Å². The van der Waals surface area contributed by atoms with Gasteiger partial charge in [-0.05, 0) is 17.7 Å². The van der Waals surface area contributed by atoms with Crippen LogP contribution in [-0.2, 0) is 11.3 Å². The highest BCUT2D eigenvalue weighted by molar-refractivity contribution is 5.77. The summed E-state index contributed by atoms with van der Waals surface area (Å²) < 4.78 is 1.80. The third-order valence-electron chi connectivity index (χ3n) is 5.25. The van der Waals surface area contributed by atoms with Crippen LogP contribution in [0.1, 0.15) is 18.9 Å². The van der Waals surface area contributed by atoms with E-state index < -0.39 is 0 Å². The smallest absolute Gasteiger partial charge is 0.294 e. The third kappa shape index (κ3) is 3.50. The predicted molar refractivity (Wildman–Crippen MR) is 111 cm³/mol. The summed E-state index contributed by atoms with van der Waals surface area (Å²) in [5.74, 6) is 0.630. The zero-order valence-corrected chi connectivity index (χ0v) is 16.0. The van der Waals surface area contributed by atoms with Crippen molar-refractivity contribution in [2.24, 2.45) is 0 Å². The maximum atomic E-state index is 13.3. The summed E-state index contributed by atoms with van der Waals surface area (Å²) in [5, 5.41) is 0. The Labute approximate surface area is 164 Å². The minimum Gasteiger partial charge on any atom is -0.348 e. The highest BCUT2D eigenvalue weighted by Gasteiger charge is 2.24. The number of piperazine rings is 1. The topological polar surface area (TPSA) is 58.4 Å². The Balaban J connectivity index is 1.71. The van der Waals surface area contributed by atoms with Crippen LogP contribution < -0.4 is 10.5 Å². The van der Waals surface area contributed by atoms with Gasteiger partial charge >= 0.3 is 0 Å². The first-order chi connectivity index (χ1) is 13.7. The summed E-state index contributed by atoms with van der Waals surface area (Å²) in [6.45, 7) is 4.87. The van der Waals surface area contributed by atoms with Gasteiger partial charge in [0.15, 0.2) is 5.82 Å². The van der Waals surface area contributed by atoms with Gasteiger partial charge in [0.2, 0.25) is 5.91 Å². The second-order valence-corrected chi connectivity index (χ2v) is 7.02. The summed E-state index contributed by atoms with van der Waals surface area (Å²) in [4.78, 5) is 33.8. The van der Waals surface area contributed by atoms with Gasteiger partial charge in [-0.3, -0.25) is 14.2 Å². The van der Waals surface area contributed by atoms with Gasteiger partial charge in [0.05, 0.1) is 17.6 Å². The number of carbonyl (C=O) groups excluding carboxylic acids is 1. The molecule has 1 fully saturated rings. The zero-order chi connectivity index (χ0) is 19.5. The van der Waals surface area contributed by atoms with Crippen LogP contribution in [0.15, 0.2) is 59.4 Å². The standard InChI is InChI=1S/C22H24N4O2/c1-2-20(27)24-12-14-25(15-13-24)21-22(28)26(16-17-8-4-3-5-9-17)19-11-7-6-10-18(19)23-21/h3-11H,2,12-16H2,1H3. The fraction of sp³-hybridized carbons (Fsp3) is 0.318. The number of para-hydroxylation sites is 2. The van der Waals surface area contributed by atoms with Gasteiger partial charge in [0.1, 0.15) is 0 Å².